The second-order valence-corrected chi connectivity index (χ2v) is 3.55. The summed E-state index contributed by atoms with van der Waals surface area (Å²) in [5.74, 6) is -1.58. The van der Waals surface area contributed by atoms with Crippen LogP contribution in [-0.4, -0.2) is 23.9 Å². The van der Waals surface area contributed by atoms with Crippen LogP contribution >= 0.6 is 0 Å². The van der Waals surface area contributed by atoms with Gasteiger partial charge in [-0.3, -0.25) is 4.98 Å². The SMILES string of the molecule is CCOC(=O)c1c(C)ncc(CN)c1OC(F)(F)F. The Morgan fingerprint density at radius 2 is 2.11 bits per heavy atom. The lowest BCUT2D eigenvalue weighted by Crippen LogP contribution is -2.22. The van der Waals surface area contributed by atoms with Crippen LogP contribution in [0.3, 0.4) is 0 Å². The van der Waals surface area contributed by atoms with E-state index in [0.717, 1.165) is 6.20 Å². The van der Waals surface area contributed by atoms with Crippen LogP contribution in [-0.2, 0) is 11.3 Å². The third-order valence-corrected chi connectivity index (χ3v) is 2.21. The Morgan fingerprint density at radius 3 is 2.58 bits per heavy atom. The number of hydrogen-bond donors (Lipinski definition) is 1. The summed E-state index contributed by atoms with van der Waals surface area (Å²) in [6.45, 7) is 2.70. The van der Waals surface area contributed by atoms with E-state index in [0.29, 0.717) is 0 Å². The monoisotopic (exact) mass is 278 g/mol. The maximum Gasteiger partial charge on any atom is 0.573 e. The molecule has 0 aliphatic carbocycles. The quantitative estimate of drug-likeness (QED) is 0.852. The Hall–Kier alpha value is -1.83. The highest BCUT2D eigenvalue weighted by Crippen LogP contribution is 2.31. The van der Waals surface area contributed by atoms with E-state index in [4.69, 9.17) is 10.5 Å². The highest BCUT2D eigenvalue weighted by Gasteiger charge is 2.35. The van der Waals surface area contributed by atoms with Gasteiger partial charge in [0.05, 0.1) is 12.3 Å². The molecule has 0 amide bonds. The molecule has 5 nitrogen and oxygen atoms in total. The van der Waals surface area contributed by atoms with Gasteiger partial charge in [-0.15, -0.1) is 13.2 Å². The van der Waals surface area contributed by atoms with Crippen molar-refractivity contribution in [2.24, 2.45) is 5.73 Å². The number of esters is 1. The summed E-state index contributed by atoms with van der Waals surface area (Å²) >= 11 is 0. The van der Waals surface area contributed by atoms with Gasteiger partial charge in [0.1, 0.15) is 5.56 Å². The fourth-order valence-electron chi connectivity index (χ4n) is 1.44. The molecule has 106 valence electrons. The standard InChI is InChI=1S/C11H13F3N2O3/c1-3-18-10(17)8-6(2)16-5-7(4-15)9(8)19-11(12,13)14/h5H,3-4,15H2,1-2H3. The number of ether oxygens (including phenoxy) is 2. The number of carbonyl (C=O) groups is 1. The predicted molar refractivity (Wildman–Crippen MR) is 59.5 cm³/mol. The molecular formula is C11H13F3N2O3. The van der Waals surface area contributed by atoms with Crippen LogP contribution in [0.4, 0.5) is 13.2 Å². The zero-order valence-electron chi connectivity index (χ0n) is 10.4. The van der Waals surface area contributed by atoms with Crippen molar-refractivity contribution in [2.75, 3.05) is 6.61 Å². The average Bonchev–Trinajstić information content (AvgIpc) is 2.27. The largest absolute Gasteiger partial charge is 0.573 e. The molecule has 0 aromatic carbocycles. The summed E-state index contributed by atoms with van der Waals surface area (Å²) in [6.07, 6.45) is -3.79. The van der Waals surface area contributed by atoms with Crippen molar-refractivity contribution in [3.05, 3.63) is 23.0 Å². The molecule has 8 heteroatoms. The Morgan fingerprint density at radius 1 is 1.47 bits per heavy atom. The molecule has 1 aromatic heterocycles. The zero-order chi connectivity index (χ0) is 14.6. The average molecular weight is 278 g/mol. The third kappa shape index (κ3) is 3.82. The van der Waals surface area contributed by atoms with Gasteiger partial charge in [-0.2, -0.15) is 0 Å². The molecule has 2 N–H and O–H groups in total. The summed E-state index contributed by atoms with van der Waals surface area (Å²) in [5.41, 5.74) is 5.02. The van der Waals surface area contributed by atoms with E-state index in [1.807, 2.05) is 0 Å². The number of aryl methyl sites for hydroxylation is 1. The van der Waals surface area contributed by atoms with Gasteiger partial charge in [0.25, 0.3) is 0 Å². The molecule has 0 spiro atoms. The topological polar surface area (TPSA) is 74.4 Å². The van der Waals surface area contributed by atoms with Crippen molar-refractivity contribution in [1.29, 1.82) is 0 Å². The number of halogens is 3. The summed E-state index contributed by atoms with van der Waals surface area (Å²) < 4.78 is 45.7. The molecule has 0 fully saturated rings. The van der Waals surface area contributed by atoms with Crippen molar-refractivity contribution >= 4 is 5.97 Å². The summed E-state index contributed by atoms with van der Waals surface area (Å²) in [5, 5.41) is 0. The van der Waals surface area contributed by atoms with Gasteiger partial charge in [0.15, 0.2) is 5.75 Å². The number of nitrogens with zero attached hydrogens (tertiary/aromatic N) is 1. The summed E-state index contributed by atoms with van der Waals surface area (Å²) in [7, 11) is 0. The van der Waals surface area contributed by atoms with E-state index < -0.39 is 18.1 Å². The van der Waals surface area contributed by atoms with Gasteiger partial charge in [-0.05, 0) is 13.8 Å². The normalized spacial score (nSPS) is 11.3. The van der Waals surface area contributed by atoms with E-state index in [1.165, 1.54) is 13.8 Å². The van der Waals surface area contributed by atoms with Crippen molar-refractivity contribution < 1.29 is 27.4 Å². The van der Waals surface area contributed by atoms with Crippen molar-refractivity contribution in [1.82, 2.24) is 4.98 Å². The molecule has 1 rings (SSSR count). The molecule has 0 atom stereocenters. The molecule has 0 bridgehead atoms. The van der Waals surface area contributed by atoms with Crippen LogP contribution < -0.4 is 10.5 Å². The minimum Gasteiger partial charge on any atom is -0.462 e. The summed E-state index contributed by atoms with van der Waals surface area (Å²) in [6, 6.07) is 0. The van der Waals surface area contributed by atoms with Crippen molar-refractivity contribution in [3.8, 4) is 5.75 Å². The first-order valence-corrected chi connectivity index (χ1v) is 5.41. The van der Waals surface area contributed by atoms with Gasteiger partial charge in [-0.25, -0.2) is 4.79 Å². The molecule has 19 heavy (non-hydrogen) atoms. The Balaban J connectivity index is 3.36. The van der Waals surface area contributed by atoms with Gasteiger partial charge in [-0.1, -0.05) is 0 Å². The fraction of sp³-hybridized carbons (Fsp3) is 0.455. The van der Waals surface area contributed by atoms with Crippen LogP contribution in [0.1, 0.15) is 28.5 Å². The first kappa shape index (κ1) is 15.2. The van der Waals surface area contributed by atoms with Crippen LogP contribution in [0.2, 0.25) is 0 Å². The number of rotatable bonds is 4. The fourth-order valence-corrected chi connectivity index (χ4v) is 1.44. The lowest BCUT2D eigenvalue weighted by atomic mass is 10.1. The minimum absolute atomic E-state index is 0.0222. The van der Waals surface area contributed by atoms with E-state index in [1.54, 1.807) is 0 Å². The van der Waals surface area contributed by atoms with Crippen LogP contribution in [0.5, 0.6) is 5.75 Å². The molecule has 0 aliphatic heterocycles. The van der Waals surface area contributed by atoms with E-state index >= 15 is 0 Å². The second kappa shape index (κ2) is 5.87. The van der Waals surface area contributed by atoms with Crippen LogP contribution in [0.15, 0.2) is 6.20 Å². The lowest BCUT2D eigenvalue weighted by Gasteiger charge is -2.16. The predicted octanol–water partition coefficient (Wildman–Crippen LogP) is 1.92. The van der Waals surface area contributed by atoms with E-state index in [-0.39, 0.29) is 30.0 Å². The number of nitrogens with two attached hydrogens (primary N) is 1. The first-order valence-electron chi connectivity index (χ1n) is 5.41. The Labute approximate surface area is 107 Å². The van der Waals surface area contributed by atoms with Crippen molar-refractivity contribution in [3.63, 3.8) is 0 Å². The second-order valence-electron chi connectivity index (χ2n) is 3.55. The molecule has 1 heterocycles. The Kier molecular flexibility index (Phi) is 4.71. The molecule has 0 saturated carbocycles. The van der Waals surface area contributed by atoms with Gasteiger partial charge >= 0.3 is 12.3 Å². The molecule has 0 radical (unpaired) electrons. The smallest absolute Gasteiger partial charge is 0.462 e. The number of hydrogen-bond acceptors (Lipinski definition) is 5. The van der Waals surface area contributed by atoms with E-state index in [2.05, 4.69) is 9.72 Å². The van der Waals surface area contributed by atoms with E-state index in [9.17, 15) is 18.0 Å². The van der Waals surface area contributed by atoms with Crippen LogP contribution in [0, 0.1) is 6.92 Å². The maximum absolute atomic E-state index is 12.4. The number of pyridine rings is 1. The van der Waals surface area contributed by atoms with Gasteiger partial charge in [0, 0.05) is 18.3 Å². The highest BCUT2D eigenvalue weighted by molar-refractivity contribution is 5.94. The molecule has 0 unspecified atom stereocenters. The molecule has 0 aliphatic rings. The third-order valence-electron chi connectivity index (χ3n) is 2.21. The van der Waals surface area contributed by atoms with Gasteiger partial charge < -0.3 is 15.2 Å². The van der Waals surface area contributed by atoms with Gasteiger partial charge in [0.2, 0.25) is 0 Å². The van der Waals surface area contributed by atoms with Crippen molar-refractivity contribution in [2.45, 2.75) is 26.8 Å². The first-order chi connectivity index (χ1) is 8.80. The number of aromatic nitrogens is 1. The minimum atomic E-state index is -4.93. The molecule has 1 aromatic rings. The molecular weight excluding hydrogens is 265 g/mol. The number of carbonyl (C=O) groups excluding carboxylic acids is 1. The molecule has 0 saturated heterocycles. The maximum atomic E-state index is 12.4. The Bertz CT molecular complexity index is 475. The lowest BCUT2D eigenvalue weighted by molar-refractivity contribution is -0.275. The number of alkyl halides is 3. The highest BCUT2D eigenvalue weighted by atomic mass is 19.4. The zero-order valence-corrected chi connectivity index (χ0v) is 10.4. The summed E-state index contributed by atoms with van der Waals surface area (Å²) in [4.78, 5) is 15.5. The van der Waals surface area contributed by atoms with Crippen LogP contribution in [0.25, 0.3) is 0 Å².